The quantitative estimate of drug-likeness (QED) is 0.770. The second-order valence-corrected chi connectivity index (χ2v) is 4.89. The van der Waals surface area contributed by atoms with Gasteiger partial charge in [0.1, 0.15) is 11.4 Å². The van der Waals surface area contributed by atoms with E-state index in [0.717, 1.165) is 30.9 Å². The molecule has 4 nitrogen and oxygen atoms in total. The molecule has 0 atom stereocenters. The Morgan fingerprint density at radius 1 is 1.26 bits per heavy atom. The largest absolute Gasteiger partial charge is 0.494 e. The molecule has 0 heterocycles. The van der Waals surface area contributed by atoms with E-state index >= 15 is 0 Å². The van der Waals surface area contributed by atoms with Crippen molar-refractivity contribution < 1.29 is 14.3 Å². The van der Waals surface area contributed by atoms with E-state index < -0.39 is 5.60 Å². The fourth-order valence-corrected chi connectivity index (χ4v) is 1.34. The van der Waals surface area contributed by atoms with Crippen molar-refractivity contribution in [3.63, 3.8) is 0 Å². The lowest BCUT2D eigenvalue weighted by atomic mass is 10.1. The van der Waals surface area contributed by atoms with Crippen LogP contribution in [0.2, 0.25) is 0 Å². The first-order valence-corrected chi connectivity index (χ1v) is 6.59. The number of amides is 1. The monoisotopic (exact) mass is 265 g/mol. The number of methoxy groups -OCH3 is 1. The summed E-state index contributed by atoms with van der Waals surface area (Å²) in [6, 6.07) is 7.35. The molecule has 0 unspecified atom stereocenters. The van der Waals surface area contributed by atoms with Crippen LogP contribution in [0.5, 0.6) is 5.75 Å². The van der Waals surface area contributed by atoms with Crippen LogP contribution >= 0.6 is 0 Å². The van der Waals surface area contributed by atoms with Crippen LogP contribution in [0.4, 0.5) is 5.69 Å². The van der Waals surface area contributed by atoms with Gasteiger partial charge in [-0.25, -0.2) is 0 Å². The Kier molecular flexibility index (Phi) is 5.83. The fraction of sp³-hybridized carbons (Fsp3) is 0.533. The zero-order chi connectivity index (χ0) is 14.3. The molecule has 1 rings (SSSR count). The Bertz CT molecular complexity index is 398. The number of nitrogens with one attached hydrogen (secondary N) is 1. The maximum atomic E-state index is 11.9. The topological polar surface area (TPSA) is 47.6 Å². The highest BCUT2D eigenvalue weighted by Crippen LogP contribution is 2.18. The smallest absolute Gasteiger partial charge is 0.256 e. The summed E-state index contributed by atoms with van der Waals surface area (Å²) < 4.78 is 10.7. The van der Waals surface area contributed by atoms with Gasteiger partial charge < -0.3 is 14.8 Å². The van der Waals surface area contributed by atoms with E-state index in [1.807, 2.05) is 24.3 Å². The molecule has 0 spiro atoms. The molecule has 0 radical (unpaired) electrons. The third-order valence-electron chi connectivity index (χ3n) is 2.94. The van der Waals surface area contributed by atoms with Gasteiger partial charge in [0.15, 0.2) is 0 Å². The van der Waals surface area contributed by atoms with Crippen molar-refractivity contribution in [1.82, 2.24) is 0 Å². The number of carbonyl (C=O) groups is 1. The summed E-state index contributed by atoms with van der Waals surface area (Å²) in [7, 11) is 1.52. The molecule has 4 heteroatoms. The van der Waals surface area contributed by atoms with Gasteiger partial charge in [0.2, 0.25) is 0 Å². The predicted molar refractivity (Wildman–Crippen MR) is 76.6 cm³/mol. The number of hydrogen-bond donors (Lipinski definition) is 1. The SMILES string of the molecule is CCCCOc1ccc(NC(=O)C(C)(C)OC)cc1. The Labute approximate surface area is 115 Å². The number of unbranched alkanes of at least 4 members (excludes halogenated alkanes) is 1. The highest BCUT2D eigenvalue weighted by molar-refractivity contribution is 5.96. The zero-order valence-electron chi connectivity index (χ0n) is 12.2. The molecule has 0 saturated carbocycles. The summed E-state index contributed by atoms with van der Waals surface area (Å²) in [6.45, 7) is 6.30. The Balaban J connectivity index is 2.55. The van der Waals surface area contributed by atoms with E-state index in [2.05, 4.69) is 12.2 Å². The maximum absolute atomic E-state index is 11.9. The minimum absolute atomic E-state index is 0.172. The molecule has 0 aliphatic carbocycles. The standard InChI is InChI=1S/C15H23NO3/c1-5-6-11-19-13-9-7-12(8-10-13)16-14(17)15(2,3)18-4/h7-10H,5-6,11H2,1-4H3,(H,16,17). The first-order valence-electron chi connectivity index (χ1n) is 6.59. The lowest BCUT2D eigenvalue weighted by Crippen LogP contribution is -2.38. The lowest BCUT2D eigenvalue weighted by Gasteiger charge is -2.21. The third kappa shape index (κ3) is 4.91. The molecule has 0 saturated heterocycles. The summed E-state index contributed by atoms with van der Waals surface area (Å²) in [5, 5.41) is 2.81. The molecule has 1 amide bonds. The van der Waals surface area contributed by atoms with E-state index in [-0.39, 0.29) is 5.91 Å². The maximum Gasteiger partial charge on any atom is 0.256 e. The van der Waals surface area contributed by atoms with Crippen LogP contribution in [0.25, 0.3) is 0 Å². The minimum Gasteiger partial charge on any atom is -0.494 e. The van der Waals surface area contributed by atoms with Crippen LogP contribution in [-0.4, -0.2) is 25.2 Å². The van der Waals surface area contributed by atoms with Crippen molar-refractivity contribution in [2.24, 2.45) is 0 Å². The molecule has 106 valence electrons. The number of rotatable bonds is 7. The van der Waals surface area contributed by atoms with Crippen LogP contribution in [0.15, 0.2) is 24.3 Å². The van der Waals surface area contributed by atoms with E-state index in [4.69, 9.17) is 9.47 Å². The summed E-state index contributed by atoms with van der Waals surface area (Å²) in [4.78, 5) is 11.9. The molecule has 0 bridgehead atoms. The van der Waals surface area contributed by atoms with Gasteiger partial charge in [0, 0.05) is 12.8 Å². The van der Waals surface area contributed by atoms with Gasteiger partial charge in [-0.05, 0) is 44.5 Å². The number of ether oxygens (including phenoxy) is 2. The Morgan fingerprint density at radius 3 is 2.42 bits per heavy atom. The molecule has 1 aromatic carbocycles. The van der Waals surface area contributed by atoms with Gasteiger partial charge in [-0.15, -0.1) is 0 Å². The van der Waals surface area contributed by atoms with E-state index in [9.17, 15) is 4.79 Å². The third-order valence-corrected chi connectivity index (χ3v) is 2.94. The first kappa shape index (κ1) is 15.5. The van der Waals surface area contributed by atoms with E-state index in [0.29, 0.717) is 0 Å². The molecule has 0 fully saturated rings. The highest BCUT2D eigenvalue weighted by Gasteiger charge is 2.26. The van der Waals surface area contributed by atoms with Gasteiger partial charge in [0.05, 0.1) is 6.61 Å². The van der Waals surface area contributed by atoms with Crippen molar-refractivity contribution in [3.8, 4) is 5.75 Å². The molecule has 1 N–H and O–H groups in total. The van der Waals surface area contributed by atoms with Crippen molar-refractivity contribution in [1.29, 1.82) is 0 Å². The van der Waals surface area contributed by atoms with Crippen molar-refractivity contribution in [2.75, 3.05) is 19.0 Å². The number of hydrogen-bond acceptors (Lipinski definition) is 3. The summed E-state index contributed by atoms with van der Waals surface area (Å²) >= 11 is 0. The van der Waals surface area contributed by atoms with Crippen molar-refractivity contribution >= 4 is 11.6 Å². The zero-order valence-corrected chi connectivity index (χ0v) is 12.2. The molecule has 1 aromatic rings. The van der Waals surface area contributed by atoms with E-state index in [1.54, 1.807) is 13.8 Å². The highest BCUT2D eigenvalue weighted by atomic mass is 16.5. The van der Waals surface area contributed by atoms with Crippen LogP contribution in [0.3, 0.4) is 0 Å². The van der Waals surface area contributed by atoms with Crippen LogP contribution < -0.4 is 10.1 Å². The number of carbonyl (C=O) groups excluding carboxylic acids is 1. The Hall–Kier alpha value is -1.55. The summed E-state index contributed by atoms with van der Waals surface area (Å²) in [5.74, 6) is 0.645. The summed E-state index contributed by atoms with van der Waals surface area (Å²) in [5.41, 5.74) is -0.103. The molecule has 0 aliphatic heterocycles. The van der Waals surface area contributed by atoms with Crippen LogP contribution in [0, 0.1) is 0 Å². The van der Waals surface area contributed by atoms with Crippen molar-refractivity contribution in [2.45, 2.75) is 39.2 Å². The normalized spacial score (nSPS) is 11.2. The fourth-order valence-electron chi connectivity index (χ4n) is 1.34. The minimum atomic E-state index is -0.837. The molecule has 19 heavy (non-hydrogen) atoms. The van der Waals surface area contributed by atoms with Gasteiger partial charge in [0.25, 0.3) is 5.91 Å². The lowest BCUT2D eigenvalue weighted by molar-refractivity contribution is -0.133. The predicted octanol–water partition coefficient (Wildman–Crippen LogP) is 3.23. The second-order valence-electron chi connectivity index (χ2n) is 4.89. The summed E-state index contributed by atoms with van der Waals surface area (Å²) in [6.07, 6.45) is 2.15. The van der Waals surface area contributed by atoms with Crippen LogP contribution in [0.1, 0.15) is 33.6 Å². The molecular weight excluding hydrogens is 242 g/mol. The molecule has 0 aliphatic rings. The van der Waals surface area contributed by atoms with Crippen molar-refractivity contribution in [3.05, 3.63) is 24.3 Å². The number of benzene rings is 1. The second kappa shape index (κ2) is 7.14. The molecule has 0 aromatic heterocycles. The Morgan fingerprint density at radius 2 is 1.89 bits per heavy atom. The average Bonchev–Trinajstić information content (AvgIpc) is 2.41. The van der Waals surface area contributed by atoms with Gasteiger partial charge in [-0.1, -0.05) is 13.3 Å². The van der Waals surface area contributed by atoms with Gasteiger partial charge in [-0.3, -0.25) is 4.79 Å². The first-order chi connectivity index (χ1) is 8.99. The van der Waals surface area contributed by atoms with Gasteiger partial charge >= 0.3 is 0 Å². The van der Waals surface area contributed by atoms with E-state index in [1.165, 1.54) is 7.11 Å². The van der Waals surface area contributed by atoms with Crippen LogP contribution in [-0.2, 0) is 9.53 Å². The number of anilines is 1. The molecular formula is C15H23NO3. The average molecular weight is 265 g/mol. The van der Waals surface area contributed by atoms with Gasteiger partial charge in [-0.2, -0.15) is 0 Å².